The summed E-state index contributed by atoms with van der Waals surface area (Å²) in [6.45, 7) is 9.64. The number of ether oxygens (including phenoxy) is 1. The molecule has 1 N–H and O–H groups in total. The molecule has 3 aliphatic rings. The summed E-state index contributed by atoms with van der Waals surface area (Å²) in [6, 6.07) is 8.34. The number of rotatable bonds is 8. The van der Waals surface area contributed by atoms with Crippen LogP contribution in [0.2, 0.25) is 5.02 Å². The summed E-state index contributed by atoms with van der Waals surface area (Å²) >= 11 is 6.05. The molecule has 0 aliphatic carbocycles. The van der Waals surface area contributed by atoms with Crippen LogP contribution in [0.4, 0.5) is 5.82 Å². The lowest BCUT2D eigenvalue weighted by molar-refractivity contribution is -0.0442. The Morgan fingerprint density at radius 3 is 2.32 bits per heavy atom. The zero-order valence-corrected chi connectivity index (χ0v) is 28.4. The van der Waals surface area contributed by atoms with Gasteiger partial charge in [-0.3, -0.25) is 4.79 Å². The second kappa shape index (κ2) is 15.8. The van der Waals surface area contributed by atoms with E-state index in [1.807, 2.05) is 49.9 Å². The molecule has 5 rings (SSSR count). The number of anilines is 1. The number of benzene rings is 1. The van der Waals surface area contributed by atoms with Crippen molar-refractivity contribution >= 4 is 33.3 Å². The number of likely N-dealkylation sites (tertiary alicyclic amines) is 2. The summed E-state index contributed by atoms with van der Waals surface area (Å²) in [5.74, 6) is 0.615. The first-order valence-corrected chi connectivity index (χ1v) is 18.3. The molecule has 1 aromatic carbocycles. The zero-order chi connectivity index (χ0) is 31.9. The first-order valence-electron chi connectivity index (χ1n) is 16.0. The van der Waals surface area contributed by atoms with Crippen LogP contribution in [-0.4, -0.2) is 103 Å². The first kappa shape index (κ1) is 34.6. The average molecular weight is 649 g/mol. The topological polar surface area (TPSA) is 108 Å². The molecule has 244 valence electrons. The lowest BCUT2D eigenvalue weighted by Crippen LogP contribution is -2.52. The van der Waals surface area contributed by atoms with E-state index in [0.29, 0.717) is 37.2 Å². The number of carbonyl (C=O) groups excluding carboxylic acids is 1. The molecule has 2 aromatic rings. The quantitative estimate of drug-likeness (QED) is 0.419. The lowest BCUT2D eigenvalue weighted by Gasteiger charge is -2.43. The summed E-state index contributed by atoms with van der Waals surface area (Å²) in [6.07, 6.45) is 9.35. The van der Waals surface area contributed by atoms with E-state index in [4.69, 9.17) is 16.3 Å². The third kappa shape index (κ3) is 8.69. The molecule has 2 atom stereocenters. The fourth-order valence-corrected chi connectivity index (χ4v) is 7.37. The van der Waals surface area contributed by atoms with E-state index in [-0.39, 0.29) is 24.2 Å². The van der Waals surface area contributed by atoms with Crippen molar-refractivity contribution in [3.8, 4) is 0 Å². The Morgan fingerprint density at radius 2 is 1.68 bits per heavy atom. The fraction of sp³-hybridized carbons (Fsp3) is 0.656. The highest BCUT2D eigenvalue weighted by atomic mass is 35.5. The normalized spacial score (nSPS) is 22.4. The van der Waals surface area contributed by atoms with Gasteiger partial charge in [0.05, 0.1) is 18.5 Å². The van der Waals surface area contributed by atoms with Gasteiger partial charge in [0.15, 0.2) is 0 Å². The summed E-state index contributed by atoms with van der Waals surface area (Å²) < 4.78 is 31.7. The summed E-state index contributed by atoms with van der Waals surface area (Å²) in [7, 11) is -1.49. The predicted molar refractivity (Wildman–Crippen MR) is 176 cm³/mol. The monoisotopic (exact) mass is 648 g/mol. The van der Waals surface area contributed by atoms with E-state index < -0.39 is 10.0 Å². The number of nitrogens with zero attached hydrogens (tertiary/aromatic N) is 5. The average Bonchev–Trinajstić information content (AvgIpc) is 3.05. The molecular weight excluding hydrogens is 600 g/mol. The van der Waals surface area contributed by atoms with Gasteiger partial charge < -0.3 is 19.9 Å². The standard InChI is InChI=1S/C30H43ClN6O4S.C2H6/c1-21-28(30(38)37-17-13-25(14-18-37)36-15-11-24(12-16-36)35(2)42(3,39)40)33-20-34-29(21)32-19-26-5-4-6-27(41-26)22-7-9-23(31)10-8-22;1-2/h7-10,20,24-27H,4-6,11-19H2,1-3H3,(H,32,33,34);1-2H3/t26-,27+;/m1./s1. The number of hydrogen-bond acceptors (Lipinski definition) is 8. The maximum atomic E-state index is 13.5. The Bertz CT molecular complexity index is 1330. The maximum Gasteiger partial charge on any atom is 0.272 e. The van der Waals surface area contributed by atoms with Gasteiger partial charge in [0.2, 0.25) is 10.0 Å². The summed E-state index contributed by atoms with van der Waals surface area (Å²) in [5, 5.41) is 4.14. The lowest BCUT2D eigenvalue weighted by atomic mass is 9.97. The minimum atomic E-state index is -3.17. The molecule has 3 fully saturated rings. The zero-order valence-electron chi connectivity index (χ0n) is 26.8. The van der Waals surface area contributed by atoms with Gasteiger partial charge in [0.1, 0.15) is 17.8 Å². The van der Waals surface area contributed by atoms with Crippen molar-refractivity contribution in [3.05, 3.63) is 52.4 Å². The Morgan fingerprint density at radius 1 is 1.02 bits per heavy atom. The molecule has 0 saturated carbocycles. The van der Waals surface area contributed by atoms with Gasteiger partial charge in [0, 0.05) is 49.4 Å². The van der Waals surface area contributed by atoms with Crippen LogP contribution in [0.5, 0.6) is 0 Å². The van der Waals surface area contributed by atoms with Crippen LogP contribution in [0, 0.1) is 6.92 Å². The number of nitrogens with one attached hydrogen (secondary N) is 1. The number of piperidine rings is 2. The van der Waals surface area contributed by atoms with Gasteiger partial charge >= 0.3 is 0 Å². The van der Waals surface area contributed by atoms with Gasteiger partial charge in [-0.15, -0.1) is 0 Å². The van der Waals surface area contributed by atoms with Gasteiger partial charge in [-0.25, -0.2) is 22.7 Å². The highest BCUT2D eigenvalue weighted by molar-refractivity contribution is 7.88. The molecule has 0 radical (unpaired) electrons. The number of aromatic nitrogens is 2. The van der Waals surface area contributed by atoms with Crippen molar-refractivity contribution in [3.63, 3.8) is 0 Å². The minimum absolute atomic E-state index is 0.0452. The highest BCUT2D eigenvalue weighted by Gasteiger charge is 2.33. The van der Waals surface area contributed by atoms with Crippen LogP contribution in [0.1, 0.15) is 86.5 Å². The Balaban J connectivity index is 0.00000216. The molecule has 0 spiro atoms. The number of amides is 1. The highest BCUT2D eigenvalue weighted by Crippen LogP contribution is 2.32. The molecule has 12 heteroatoms. The largest absolute Gasteiger partial charge is 0.368 e. The van der Waals surface area contributed by atoms with E-state index in [1.54, 1.807) is 7.05 Å². The molecule has 0 bridgehead atoms. The molecule has 3 aliphatic heterocycles. The van der Waals surface area contributed by atoms with E-state index in [0.717, 1.165) is 74.2 Å². The summed E-state index contributed by atoms with van der Waals surface area (Å²) in [4.78, 5) is 26.7. The first-order chi connectivity index (χ1) is 21.1. The Labute approximate surface area is 268 Å². The predicted octanol–water partition coefficient (Wildman–Crippen LogP) is 5.15. The number of carbonyl (C=O) groups is 1. The molecule has 1 amide bonds. The van der Waals surface area contributed by atoms with Crippen LogP contribution >= 0.6 is 11.6 Å². The summed E-state index contributed by atoms with van der Waals surface area (Å²) in [5.41, 5.74) is 2.34. The Kier molecular flexibility index (Phi) is 12.4. The van der Waals surface area contributed by atoms with E-state index >= 15 is 0 Å². The van der Waals surface area contributed by atoms with Gasteiger partial charge in [-0.2, -0.15) is 0 Å². The van der Waals surface area contributed by atoms with Crippen molar-refractivity contribution in [1.82, 2.24) is 24.1 Å². The molecule has 3 saturated heterocycles. The second-order valence-corrected chi connectivity index (χ2v) is 14.4. The van der Waals surface area contributed by atoms with E-state index in [9.17, 15) is 13.2 Å². The van der Waals surface area contributed by atoms with E-state index in [1.165, 1.54) is 16.9 Å². The van der Waals surface area contributed by atoms with Crippen molar-refractivity contribution in [1.29, 1.82) is 0 Å². The van der Waals surface area contributed by atoms with Crippen molar-refractivity contribution < 1.29 is 17.9 Å². The van der Waals surface area contributed by atoms with Crippen molar-refractivity contribution in [2.24, 2.45) is 0 Å². The third-order valence-electron chi connectivity index (χ3n) is 9.18. The molecule has 10 nitrogen and oxygen atoms in total. The van der Waals surface area contributed by atoms with E-state index in [2.05, 4.69) is 20.2 Å². The second-order valence-electron chi connectivity index (χ2n) is 11.9. The number of halogens is 1. The molecule has 4 heterocycles. The SMILES string of the molecule is CC.Cc1c(NC[C@H]2CCC[C@@H](c3ccc(Cl)cc3)O2)ncnc1C(=O)N1CCC(N2CCC(N(C)S(C)(=O)=O)CC2)CC1. The van der Waals surface area contributed by atoms with Crippen LogP contribution in [0.3, 0.4) is 0 Å². The smallest absolute Gasteiger partial charge is 0.272 e. The molecular formula is C32H49ClN6O4S. The van der Waals surface area contributed by atoms with Crippen LogP contribution in [-0.2, 0) is 14.8 Å². The Hall–Kier alpha value is -2.31. The fourth-order valence-electron chi connectivity index (χ4n) is 6.50. The number of sulfonamides is 1. The maximum absolute atomic E-state index is 13.5. The molecule has 1 aromatic heterocycles. The number of hydrogen-bond donors (Lipinski definition) is 1. The van der Waals surface area contributed by atoms with Gasteiger partial charge in [-0.1, -0.05) is 37.6 Å². The van der Waals surface area contributed by atoms with Gasteiger partial charge in [0.25, 0.3) is 5.91 Å². The van der Waals surface area contributed by atoms with Gasteiger partial charge in [-0.05, 0) is 82.7 Å². The van der Waals surface area contributed by atoms with Crippen molar-refractivity contribution in [2.45, 2.75) is 90.0 Å². The minimum Gasteiger partial charge on any atom is -0.368 e. The molecule has 44 heavy (non-hydrogen) atoms. The van der Waals surface area contributed by atoms with Crippen molar-refractivity contribution in [2.75, 3.05) is 51.3 Å². The van der Waals surface area contributed by atoms with Crippen LogP contribution < -0.4 is 5.32 Å². The molecule has 0 unspecified atom stereocenters. The third-order valence-corrected chi connectivity index (χ3v) is 10.8. The van der Waals surface area contributed by atoms with Crippen LogP contribution in [0.15, 0.2) is 30.6 Å². The van der Waals surface area contributed by atoms with Crippen LogP contribution in [0.25, 0.3) is 0 Å².